The number of hydrogen-bond donors (Lipinski definition) is 1. The Morgan fingerprint density at radius 3 is 2.50 bits per heavy atom. The molecule has 1 rings (SSSR count). The molecule has 0 radical (unpaired) electrons. The molecule has 96 valence electrons. The summed E-state index contributed by atoms with van der Waals surface area (Å²) in [5.74, 6) is -0.769. The topological polar surface area (TPSA) is 46.5 Å². The number of carbonyl (C=O) groups is 1. The first-order valence-corrected chi connectivity index (χ1v) is 5.61. The SMILES string of the molecule is C#C.O=C(O)CC/C=C/COCc1ccccc1. The zero-order valence-corrected chi connectivity index (χ0v) is 10.3. The molecular formula is C15H18O3. The Morgan fingerprint density at radius 1 is 1.22 bits per heavy atom. The number of rotatable bonds is 7. The summed E-state index contributed by atoms with van der Waals surface area (Å²) in [4.78, 5) is 10.2. The van der Waals surface area contributed by atoms with E-state index in [-0.39, 0.29) is 6.42 Å². The van der Waals surface area contributed by atoms with E-state index in [2.05, 4.69) is 12.8 Å². The molecule has 0 aliphatic rings. The zero-order chi connectivity index (χ0) is 13.6. The third-order valence-electron chi connectivity index (χ3n) is 2.02. The second-order valence-corrected chi connectivity index (χ2v) is 3.40. The molecule has 0 saturated carbocycles. The van der Waals surface area contributed by atoms with Gasteiger partial charge >= 0.3 is 5.97 Å². The number of carboxylic acid groups (broad SMARTS) is 1. The van der Waals surface area contributed by atoms with Crippen molar-refractivity contribution in [2.75, 3.05) is 6.61 Å². The lowest BCUT2D eigenvalue weighted by molar-refractivity contribution is -0.136. The van der Waals surface area contributed by atoms with E-state index in [1.54, 1.807) is 0 Å². The second kappa shape index (κ2) is 11.4. The first-order valence-electron chi connectivity index (χ1n) is 5.61. The fraction of sp³-hybridized carbons (Fsp3) is 0.267. The average Bonchev–Trinajstić information content (AvgIpc) is 2.41. The standard InChI is InChI=1S/C13H16O3.C2H2/c14-13(15)9-5-2-6-10-16-11-12-7-3-1-4-8-12;1-2/h1-4,6-8H,5,9-11H2,(H,14,15);1-2H/b6-2+;. The summed E-state index contributed by atoms with van der Waals surface area (Å²) in [7, 11) is 0. The van der Waals surface area contributed by atoms with Gasteiger partial charge in [-0.25, -0.2) is 0 Å². The molecule has 0 atom stereocenters. The number of hydrogen-bond acceptors (Lipinski definition) is 2. The van der Waals surface area contributed by atoms with Crippen LogP contribution in [0.4, 0.5) is 0 Å². The highest BCUT2D eigenvalue weighted by Gasteiger charge is 1.92. The highest BCUT2D eigenvalue weighted by Crippen LogP contribution is 2.00. The van der Waals surface area contributed by atoms with E-state index in [0.717, 1.165) is 5.56 Å². The van der Waals surface area contributed by atoms with Crippen LogP contribution in [0.5, 0.6) is 0 Å². The average molecular weight is 246 g/mol. The van der Waals surface area contributed by atoms with Crippen LogP contribution in [-0.2, 0) is 16.1 Å². The Hall–Kier alpha value is -2.05. The van der Waals surface area contributed by atoms with Gasteiger partial charge in [0.15, 0.2) is 0 Å². The third kappa shape index (κ3) is 9.20. The first-order chi connectivity index (χ1) is 8.79. The monoisotopic (exact) mass is 246 g/mol. The number of aliphatic carboxylic acids is 1. The van der Waals surface area contributed by atoms with Crippen LogP contribution in [0, 0.1) is 12.8 Å². The van der Waals surface area contributed by atoms with Gasteiger partial charge in [0.2, 0.25) is 0 Å². The Bertz CT molecular complexity index is 366. The van der Waals surface area contributed by atoms with Crippen LogP contribution in [0.25, 0.3) is 0 Å². The molecule has 0 aliphatic heterocycles. The normalized spacial score (nSPS) is 9.67. The van der Waals surface area contributed by atoms with E-state index in [9.17, 15) is 4.79 Å². The Morgan fingerprint density at radius 2 is 1.89 bits per heavy atom. The molecule has 0 bridgehead atoms. The van der Waals surface area contributed by atoms with E-state index in [1.807, 2.05) is 42.5 Å². The molecule has 0 aliphatic carbocycles. The minimum Gasteiger partial charge on any atom is -0.481 e. The molecule has 0 spiro atoms. The van der Waals surface area contributed by atoms with Crippen LogP contribution in [0.15, 0.2) is 42.5 Å². The lowest BCUT2D eigenvalue weighted by Gasteiger charge is -2.00. The van der Waals surface area contributed by atoms with Gasteiger partial charge in [0.1, 0.15) is 0 Å². The molecule has 0 fully saturated rings. The molecule has 0 heterocycles. The van der Waals surface area contributed by atoms with Gasteiger partial charge in [0.25, 0.3) is 0 Å². The molecular weight excluding hydrogens is 228 g/mol. The molecule has 0 amide bonds. The summed E-state index contributed by atoms with van der Waals surface area (Å²) >= 11 is 0. The highest BCUT2D eigenvalue weighted by atomic mass is 16.5. The number of ether oxygens (including phenoxy) is 1. The first kappa shape index (κ1) is 16.0. The Labute approximate surface area is 108 Å². The minimum atomic E-state index is -0.769. The number of allylic oxidation sites excluding steroid dienone is 1. The van der Waals surface area contributed by atoms with E-state index >= 15 is 0 Å². The van der Waals surface area contributed by atoms with Gasteiger partial charge in [0.05, 0.1) is 13.2 Å². The molecule has 0 unspecified atom stereocenters. The predicted octanol–water partition coefficient (Wildman–Crippen LogP) is 2.87. The molecule has 0 aromatic heterocycles. The van der Waals surface area contributed by atoms with Crippen LogP contribution >= 0.6 is 0 Å². The largest absolute Gasteiger partial charge is 0.481 e. The minimum absolute atomic E-state index is 0.176. The van der Waals surface area contributed by atoms with Crippen molar-refractivity contribution >= 4 is 5.97 Å². The second-order valence-electron chi connectivity index (χ2n) is 3.40. The predicted molar refractivity (Wildman–Crippen MR) is 72.0 cm³/mol. The third-order valence-corrected chi connectivity index (χ3v) is 2.02. The van der Waals surface area contributed by atoms with Crippen LogP contribution in [0.3, 0.4) is 0 Å². The summed E-state index contributed by atoms with van der Waals surface area (Å²) in [5.41, 5.74) is 1.14. The Balaban J connectivity index is 0.00000137. The lowest BCUT2D eigenvalue weighted by atomic mass is 10.2. The maximum Gasteiger partial charge on any atom is 0.303 e. The van der Waals surface area contributed by atoms with E-state index < -0.39 is 5.97 Å². The Kier molecular flexibility index (Phi) is 10.1. The van der Waals surface area contributed by atoms with Gasteiger partial charge in [-0.1, -0.05) is 42.5 Å². The van der Waals surface area contributed by atoms with E-state index in [4.69, 9.17) is 9.84 Å². The summed E-state index contributed by atoms with van der Waals surface area (Å²) in [5, 5.41) is 8.40. The van der Waals surface area contributed by atoms with Gasteiger partial charge in [-0.2, -0.15) is 0 Å². The van der Waals surface area contributed by atoms with Crippen molar-refractivity contribution in [1.82, 2.24) is 0 Å². The van der Waals surface area contributed by atoms with Crippen LogP contribution in [-0.4, -0.2) is 17.7 Å². The maximum atomic E-state index is 10.2. The fourth-order valence-electron chi connectivity index (χ4n) is 1.21. The van der Waals surface area contributed by atoms with E-state index in [0.29, 0.717) is 19.6 Å². The molecule has 1 aromatic rings. The molecule has 1 aromatic carbocycles. The van der Waals surface area contributed by atoms with Crippen molar-refractivity contribution in [3.8, 4) is 12.8 Å². The smallest absolute Gasteiger partial charge is 0.303 e. The summed E-state index contributed by atoms with van der Waals surface area (Å²) < 4.78 is 5.39. The van der Waals surface area contributed by atoms with Crippen molar-refractivity contribution in [2.45, 2.75) is 19.4 Å². The van der Waals surface area contributed by atoms with Gasteiger partial charge in [-0.15, -0.1) is 12.8 Å². The van der Waals surface area contributed by atoms with E-state index in [1.165, 1.54) is 0 Å². The fourth-order valence-corrected chi connectivity index (χ4v) is 1.21. The summed E-state index contributed by atoms with van der Waals surface area (Å²) in [6.45, 7) is 1.11. The van der Waals surface area contributed by atoms with Crippen LogP contribution in [0.1, 0.15) is 18.4 Å². The van der Waals surface area contributed by atoms with Crippen LogP contribution in [0.2, 0.25) is 0 Å². The zero-order valence-electron chi connectivity index (χ0n) is 10.3. The highest BCUT2D eigenvalue weighted by molar-refractivity contribution is 5.66. The molecule has 18 heavy (non-hydrogen) atoms. The molecule has 0 saturated heterocycles. The number of terminal acetylenes is 1. The van der Waals surface area contributed by atoms with Crippen LogP contribution < -0.4 is 0 Å². The van der Waals surface area contributed by atoms with Crippen molar-refractivity contribution in [1.29, 1.82) is 0 Å². The van der Waals surface area contributed by atoms with Gasteiger partial charge in [-0.05, 0) is 12.0 Å². The van der Waals surface area contributed by atoms with Crippen molar-refractivity contribution in [2.24, 2.45) is 0 Å². The summed E-state index contributed by atoms with van der Waals surface area (Å²) in [6, 6.07) is 9.93. The number of benzene rings is 1. The molecule has 3 nitrogen and oxygen atoms in total. The number of carboxylic acids is 1. The van der Waals surface area contributed by atoms with Gasteiger partial charge in [-0.3, -0.25) is 4.79 Å². The van der Waals surface area contributed by atoms with Gasteiger partial charge in [0, 0.05) is 6.42 Å². The quantitative estimate of drug-likeness (QED) is 0.457. The maximum absolute atomic E-state index is 10.2. The summed E-state index contributed by atoms with van der Waals surface area (Å²) in [6.07, 6.45) is 12.4. The van der Waals surface area contributed by atoms with Crippen molar-refractivity contribution in [3.63, 3.8) is 0 Å². The lowest BCUT2D eigenvalue weighted by Crippen LogP contribution is -1.93. The molecule has 3 heteroatoms. The van der Waals surface area contributed by atoms with Crippen molar-refractivity contribution in [3.05, 3.63) is 48.0 Å². The van der Waals surface area contributed by atoms with Crippen molar-refractivity contribution < 1.29 is 14.6 Å². The molecule has 1 N–H and O–H groups in total. The van der Waals surface area contributed by atoms with Gasteiger partial charge < -0.3 is 9.84 Å².